The van der Waals surface area contributed by atoms with Gasteiger partial charge in [0.05, 0.1) is 17.8 Å². The molecule has 1 atom stereocenters. The van der Waals surface area contributed by atoms with E-state index >= 15 is 0 Å². The summed E-state index contributed by atoms with van der Waals surface area (Å²) < 4.78 is 1.87. The van der Waals surface area contributed by atoms with Crippen molar-refractivity contribution in [2.24, 2.45) is 5.84 Å². The third kappa shape index (κ3) is 2.09. The summed E-state index contributed by atoms with van der Waals surface area (Å²) in [6.07, 6.45) is 3.82. The van der Waals surface area contributed by atoms with Crippen molar-refractivity contribution in [2.75, 3.05) is 0 Å². The zero-order valence-corrected chi connectivity index (χ0v) is 11.7. The molecular formula is C16H18N4. The molecule has 3 rings (SSSR count). The summed E-state index contributed by atoms with van der Waals surface area (Å²) in [4.78, 5) is 0. The van der Waals surface area contributed by atoms with Crippen LogP contribution in [-0.4, -0.2) is 9.61 Å². The molecule has 0 aliphatic carbocycles. The van der Waals surface area contributed by atoms with E-state index in [1.54, 1.807) is 0 Å². The molecule has 0 saturated heterocycles. The van der Waals surface area contributed by atoms with E-state index in [4.69, 9.17) is 5.84 Å². The van der Waals surface area contributed by atoms with Gasteiger partial charge in [-0.3, -0.25) is 5.84 Å². The number of aryl methyl sites for hydroxylation is 2. The van der Waals surface area contributed by atoms with Crippen LogP contribution in [0.4, 0.5) is 0 Å². The van der Waals surface area contributed by atoms with E-state index in [0.717, 1.165) is 11.1 Å². The largest absolute Gasteiger partial charge is 0.271 e. The second-order valence-corrected chi connectivity index (χ2v) is 5.09. The third-order valence-corrected chi connectivity index (χ3v) is 3.68. The zero-order valence-electron chi connectivity index (χ0n) is 11.7. The molecule has 0 radical (unpaired) electrons. The van der Waals surface area contributed by atoms with Crippen LogP contribution in [0, 0.1) is 13.8 Å². The fraction of sp³-hybridized carbons (Fsp3) is 0.188. The number of nitrogens with two attached hydrogens (primary N) is 1. The molecule has 0 aliphatic heterocycles. The van der Waals surface area contributed by atoms with Crippen molar-refractivity contribution in [3.63, 3.8) is 0 Å². The van der Waals surface area contributed by atoms with Crippen LogP contribution in [0.5, 0.6) is 0 Å². The number of rotatable bonds is 3. The number of benzene rings is 1. The van der Waals surface area contributed by atoms with Gasteiger partial charge < -0.3 is 0 Å². The van der Waals surface area contributed by atoms with Crippen LogP contribution in [0.1, 0.15) is 28.3 Å². The van der Waals surface area contributed by atoms with E-state index in [1.807, 2.05) is 29.0 Å². The Balaban J connectivity index is 2.16. The van der Waals surface area contributed by atoms with Crippen molar-refractivity contribution in [2.45, 2.75) is 19.9 Å². The summed E-state index contributed by atoms with van der Waals surface area (Å²) >= 11 is 0. The molecule has 4 heteroatoms. The van der Waals surface area contributed by atoms with Gasteiger partial charge >= 0.3 is 0 Å². The molecule has 2 aromatic heterocycles. The Hall–Kier alpha value is -2.17. The average Bonchev–Trinajstić information content (AvgIpc) is 2.88. The first-order chi connectivity index (χ1) is 9.70. The summed E-state index contributed by atoms with van der Waals surface area (Å²) in [6.45, 7) is 4.19. The van der Waals surface area contributed by atoms with Gasteiger partial charge in [-0.15, -0.1) is 0 Å². The lowest BCUT2D eigenvalue weighted by atomic mass is 9.95. The first kappa shape index (κ1) is 12.8. The quantitative estimate of drug-likeness (QED) is 0.565. The molecule has 0 spiro atoms. The highest BCUT2D eigenvalue weighted by Crippen LogP contribution is 2.28. The van der Waals surface area contributed by atoms with Crippen molar-refractivity contribution in [3.8, 4) is 0 Å². The van der Waals surface area contributed by atoms with Gasteiger partial charge in [-0.25, -0.2) is 9.94 Å². The molecule has 0 aliphatic rings. The van der Waals surface area contributed by atoms with E-state index in [2.05, 4.69) is 48.6 Å². The number of hydrazine groups is 1. The standard InChI is InChI=1S/C16H18N4/c1-11-6-7-12(2)13(9-11)16(19-17)14-10-18-20-8-4-3-5-15(14)20/h3-10,16,19H,17H2,1-2H3. The lowest BCUT2D eigenvalue weighted by molar-refractivity contribution is 0.637. The molecule has 0 fully saturated rings. The van der Waals surface area contributed by atoms with Crippen LogP contribution in [-0.2, 0) is 0 Å². The molecule has 3 aromatic rings. The minimum absolute atomic E-state index is 0.0604. The molecule has 0 bridgehead atoms. The Labute approximate surface area is 118 Å². The van der Waals surface area contributed by atoms with Crippen LogP contribution in [0.15, 0.2) is 48.8 Å². The maximum absolute atomic E-state index is 5.82. The maximum Gasteiger partial charge on any atom is 0.0749 e. The lowest BCUT2D eigenvalue weighted by Crippen LogP contribution is -2.29. The Bertz CT molecular complexity index is 745. The second kappa shape index (κ2) is 5.07. The number of hydrogen-bond acceptors (Lipinski definition) is 3. The van der Waals surface area contributed by atoms with Crippen molar-refractivity contribution >= 4 is 5.52 Å². The summed E-state index contributed by atoms with van der Waals surface area (Å²) in [5, 5.41) is 4.39. The summed E-state index contributed by atoms with van der Waals surface area (Å²) in [5.41, 5.74) is 8.71. The summed E-state index contributed by atoms with van der Waals surface area (Å²) in [7, 11) is 0. The monoisotopic (exact) mass is 266 g/mol. The zero-order chi connectivity index (χ0) is 14.1. The topological polar surface area (TPSA) is 55.3 Å². The van der Waals surface area contributed by atoms with Crippen molar-refractivity contribution in [3.05, 3.63) is 71.0 Å². The Kier molecular flexibility index (Phi) is 3.26. The normalized spacial score (nSPS) is 12.8. The minimum atomic E-state index is -0.0604. The Morgan fingerprint density at radius 1 is 1.15 bits per heavy atom. The molecule has 0 amide bonds. The highest BCUT2D eigenvalue weighted by molar-refractivity contribution is 5.57. The summed E-state index contributed by atoms with van der Waals surface area (Å²) in [5.74, 6) is 5.82. The van der Waals surface area contributed by atoms with Gasteiger partial charge in [-0.05, 0) is 37.1 Å². The van der Waals surface area contributed by atoms with Crippen molar-refractivity contribution in [1.82, 2.24) is 15.0 Å². The fourth-order valence-corrected chi connectivity index (χ4v) is 2.59. The highest BCUT2D eigenvalue weighted by Gasteiger charge is 2.18. The van der Waals surface area contributed by atoms with Gasteiger partial charge in [0.25, 0.3) is 0 Å². The van der Waals surface area contributed by atoms with Crippen LogP contribution in [0.25, 0.3) is 5.52 Å². The number of nitrogens with one attached hydrogen (secondary N) is 1. The smallest absolute Gasteiger partial charge is 0.0749 e. The number of fused-ring (bicyclic) bond motifs is 1. The van der Waals surface area contributed by atoms with E-state index < -0.39 is 0 Å². The molecular weight excluding hydrogens is 248 g/mol. The molecule has 102 valence electrons. The van der Waals surface area contributed by atoms with Gasteiger partial charge in [0.2, 0.25) is 0 Å². The molecule has 0 saturated carbocycles. The molecule has 20 heavy (non-hydrogen) atoms. The van der Waals surface area contributed by atoms with Crippen molar-refractivity contribution in [1.29, 1.82) is 0 Å². The van der Waals surface area contributed by atoms with E-state index in [-0.39, 0.29) is 6.04 Å². The molecule has 1 aromatic carbocycles. The molecule has 2 heterocycles. The van der Waals surface area contributed by atoms with Gasteiger partial charge in [0.15, 0.2) is 0 Å². The molecule has 1 unspecified atom stereocenters. The lowest BCUT2D eigenvalue weighted by Gasteiger charge is -2.18. The number of pyridine rings is 1. The van der Waals surface area contributed by atoms with Gasteiger partial charge in [-0.2, -0.15) is 5.10 Å². The number of hydrogen-bond donors (Lipinski definition) is 2. The van der Waals surface area contributed by atoms with Gasteiger partial charge in [0, 0.05) is 11.8 Å². The van der Waals surface area contributed by atoms with Gasteiger partial charge in [-0.1, -0.05) is 29.8 Å². The SMILES string of the molecule is Cc1ccc(C)c(C(NN)c2cnn3ccccc23)c1. The van der Waals surface area contributed by atoms with E-state index in [0.29, 0.717) is 0 Å². The molecule has 4 nitrogen and oxygen atoms in total. The minimum Gasteiger partial charge on any atom is -0.271 e. The second-order valence-electron chi connectivity index (χ2n) is 5.09. The number of aromatic nitrogens is 2. The first-order valence-corrected chi connectivity index (χ1v) is 6.66. The van der Waals surface area contributed by atoms with Crippen LogP contribution < -0.4 is 11.3 Å². The summed E-state index contributed by atoms with van der Waals surface area (Å²) in [6, 6.07) is 12.4. The maximum atomic E-state index is 5.82. The van der Waals surface area contributed by atoms with Crippen molar-refractivity contribution < 1.29 is 0 Å². The van der Waals surface area contributed by atoms with E-state index in [1.165, 1.54) is 16.7 Å². The van der Waals surface area contributed by atoms with Gasteiger partial charge in [0.1, 0.15) is 0 Å². The molecule has 3 N–H and O–H groups in total. The Morgan fingerprint density at radius 2 is 2.00 bits per heavy atom. The van der Waals surface area contributed by atoms with E-state index in [9.17, 15) is 0 Å². The fourth-order valence-electron chi connectivity index (χ4n) is 2.59. The van der Waals surface area contributed by atoms with Crippen LogP contribution >= 0.6 is 0 Å². The van der Waals surface area contributed by atoms with Crippen LogP contribution in [0.3, 0.4) is 0 Å². The first-order valence-electron chi connectivity index (χ1n) is 6.66. The predicted octanol–water partition coefficient (Wildman–Crippen LogP) is 2.50. The van der Waals surface area contributed by atoms with Crippen LogP contribution in [0.2, 0.25) is 0 Å². The third-order valence-electron chi connectivity index (χ3n) is 3.68. The highest BCUT2D eigenvalue weighted by atomic mass is 15.3. The average molecular weight is 266 g/mol. The Morgan fingerprint density at radius 3 is 2.80 bits per heavy atom. The predicted molar refractivity (Wildman–Crippen MR) is 80.3 cm³/mol. The number of nitrogens with zero attached hydrogens (tertiary/aromatic N) is 2.